The zero-order chi connectivity index (χ0) is 27.2. The number of ether oxygens (including phenoxy) is 1. The van der Waals surface area contributed by atoms with Crippen molar-refractivity contribution in [3.63, 3.8) is 0 Å². The van der Waals surface area contributed by atoms with Gasteiger partial charge in [0.25, 0.3) is 0 Å². The van der Waals surface area contributed by atoms with E-state index in [9.17, 15) is 13.2 Å². The monoisotopic (exact) mass is 527 g/mol. The van der Waals surface area contributed by atoms with Crippen LogP contribution in [0.3, 0.4) is 0 Å². The smallest absolute Gasteiger partial charge is 0.416 e. The van der Waals surface area contributed by atoms with E-state index < -0.39 is 11.7 Å². The molecule has 5 heteroatoms. The SMILES string of the molecule is CCCCCCCCCCCCOc1ccc(CN(CC)Cc2ccccc2C(F)(F)F)c2ccccc12. The maximum atomic E-state index is 13.5. The van der Waals surface area contributed by atoms with Crippen molar-refractivity contribution in [3.05, 3.63) is 77.4 Å². The number of benzene rings is 3. The van der Waals surface area contributed by atoms with Crippen molar-refractivity contribution in [2.24, 2.45) is 0 Å². The molecule has 0 radical (unpaired) electrons. The lowest BCUT2D eigenvalue weighted by atomic mass is 10.0. The molecule has 3 aromatic carbocycles. The summed E-state index contributed by atoms with van der Waals surface area (Å²) < 4.78 is 46.7. The molecule has 0 N–H and O–H groups in total. The number of hydrogen-bond donors (Lipinski definition) is 0. The maximum Gasteiger partial charge on any atom is 0.416 e. The minimum absolute atomic E-state index is 0.248. The molecule has 3 rings (SSSR count). The molecule has 0 heterocycles. The number of fused-ring (bicyclic) bond motifs is 1. The van der Waals surface area contributed by atoms with E-state index in [0.717, 1.165) is 28.5 Å². The first kappa shape index (κ1) is 30.0. The van der Waals surface area contributed by atoms with E-state index in [4.69, 9.17) is 4.74 Å². The Morgan fingerprint density at radius 2 is 1.21 bits per heavy atom. The molecule has 0 spiro atoms. The average Bonchev–Trinajstić information content (AvgIpc) is 2.92. The molecule has 0 aliphatic heterocycles. The van der Waals surface area contributed by atoms with Gasteiger partial charge in [0, 0.05) is 18.5 Å². The van der Waals surface area contributed by atoms with Crippen molar-refractivity contribution in [3.8, 4) is 5.75 Å². The minimum atomic E-state index is -4.35. The Labute approximate surface area is 227 Å². The van der Waals surface area contributed by atoms with Crippen LogP contribution in [0.25, 0.3) is 10.8 Å². The van der Waals surface area contributed by atoms with Crippen LogP contribution in [0.15, 0.2) is 60.7 Å². The molecule has 2 nitrogen and oxygen atoms in total. The van der Waals surface area contributed by atoms with E-state index in [0.29, 0.717) is 25.3 Å². The van der Waals surface area contributed by atoms with Crippen LogP contribution in [0, 0.1) is 0 Å². The molecule has 3 aromatic rings. The summed E-state index contributed by atoms with van der Waals surface area (Å²) in [7, 11) is 0. The highest BCUT2D eigenvalue weighted by molar-refractivity contribution is 5.91. The lowest BCUT2D eigenvalue weighted by Gasteiger charge is -2.24. The molecular weight excluding hydrogens is 483 g/mol. The van der Waals surface area contributed by atoms with Gasteiger partial charge in [0.2, 0.25) is 0 Å². The molecule has 0 saturated carbocycles. The second kappa shape index (κ2) is 15.8. The summed E-state index contributed by atoms with van der Waals surface area (Å²) in [6.45, 7) is 6.42. The minimum Gasteiger partial charge on any atom is -0.493 e. The predicted molar refractivity (Wildman–Crippen MR) is 153 cm³/mol. The molecule has 0 fully saturated rings. The first-order valence-corrected chi connectivity index (χ1v) is 14.4. The fourth-order valence-electron chi connectivity index (χ4n) is 5.07. The Hall–Kier alpha value is -2.53. The lowest BCUT2D eigenvalue weighted by molar-refractivity contribution is -0.138. The molecule has 38 heavy (non-hydrogen) atoms. The van der Waals surface area contributed by atoms with Gasteiger partial charge in [-0.2, -0.15) is 13.2 Å². The largest absolute Gasteiger partial charge is 0.493 e. The zero-order valence-corrected chi connectivity index (χ0v) is 23.2. The number of halogens is 3. The summed E-state index contributed by atoms with van der Waals surface area (Å²) in [6.07, 6.45) is 8.57. The number of alkyl halides is 3. The first-order valence-electron chi connectivity index (χ1n) is 14.4. The van der Waals surface area contributed by atoms with Gasteiger partial charge in [0.05, 0.1) is 12.2 Å². The third-order valence-corrected chi connectivity index (χ3v) is 7.29. The van der Waals surface area contributed by atoms with Crippen molar-refractivity contribution in [1.82, 2.24) is 4.90 Å². The van der Waals surface area contributed by atoms with E-state index >= 15 is 0 Å². The number of unbranched alkanes of at least 4 members (excludes halogenated alkanes) is 9. The van der Waals surface area contributed by atoms with E-state index in [1.165, 1.54) is 69.9 Å². The molecule has 0 atom stereocenters. The average molecular weight is 528 g/mol. The summed E-state index contributed by atoms with van der Waals surface area (Å²) in [4.78, 5) is 2.05. The Morgan fingerprint density at radius 3 is 1.87 bits per heavy atom. The topological polar surface area (TPSA) is 12.5 Å². The van der Waals surface area contributed by atoms with Crippen LogP contribution in [0.5, 0.6) is 5.75 Å². The summed E-state index contributed by atoms with van der Waals surface area (Å²) in [6, 6.07) is 18.1. The van der Waals surface area contributed by atoms with Crippen LogP contribution in [-0.2, 0) is 19.3 Å². The third kappa shape index (κ3) is 9.34. The van der Waals surface area contributed by atoms with Gasteiger partial charge in [-0.25, -0.2) is 0 Å². The van der Waals surface area contributed by atoms with E-state index in [2.05, 4.69) is 30.0 Å². The van der Waals surface area contributed by atoms with E-state index in [-0.39, 0.29) is 6.54 Å². The molecule has 0 aromatic heterocycles. The quantitative estimate of drug-likeness (QED) is 0.162. The molecular formula is C33H44F3NO. The van der Waals surface area contributed by atoms with Crippen molar-refractivity contribution in [2.45, 2.75) is 97.3 Å². The fourth-order valence-corrected chi connectivity index (χ4v) is 5.07. The summed E-state index contributed by atoms with van der Waals surface area (Å²) >= 11 is 0. The van der Waals surface area contributed by atoms with Crippen molar-refractivity contribution in [1.29, 1.82) is 0 Å². The fraction of sp³-hybridized carbons (Fsp3) is 0.515. The van der Waals surface area contributed by atoms with E-state index in [1.54, 1.807) is 12.1 Å². The van der Waals surface area contributed by atoms with Crippen molar-refractivity contribution >= 4 is 10.8 Å². The second-order valence-electron chi connectivity index (χ2n) is 10.3. The Balaban J connectivity index is 1.55. The van der Waals surface area contributed by atoms with Gasteiger partial charge >= 0.3 is 6.18 Å². The maximum absolute atomic E-state index is 13.5. The molecule has 0 bridgehead atoms. The van der Waals surface area contributed by atoms with Crippen LogP contribution < -0.4 is 4.74 Å². The highest BCUT2D eigenvalue weighted by Crippen LogP contribution is 2.33. The summed E-state index contributed by atoms with van der Waals surface area (Å²) in [5.41, 5.74) is 0.847. The van der Waals surface area contributed by atoms with Crippen LogP contribution in [-0.4, -0.2) is 18.1 Å². The van der Waals surface area contributed by atoms with Gasteiger partial charge < -0.3 is 4.74 Å². The summed E-state index contributed by atoms with van der Waals surface area (Å²) in [5, 5.41) is 2.15. The zero-order valence-electron chi connectivity index (χ0n) is 23.2. The van der Waals surface area contributed by atoms with E-state index in [1.807, 2.05) is 25.1 Å². The molecule has 0 amide bonds. The van der Waals surface area contributed by atoms with Gasteiger partial charge in [0.15, 0.2) is 0 Å². The normalized spacial score (nSPS) is 11.9. The Morgan fingerprint density at radius 1 is 0.632 bits per heavy atom. The Bertz CT molecular complexity index is 1100. The van der Waals surface area contributed by atoms with Gasteiger partial charge in [0.1, 0.15) is 5.75 Å². The highest BCUT2D eigenvalue weighted by Gasteiger charge is 2.33. The first-order chi connectivity index (χ1) is 18.4. The summed E-state index contributed by atoms with van der Waals surface area (Å²) in [5.74, 6) is 0.880. The van der Waals surface area contributed by atoms with Crippen LogP contribution in [0.1, 0.15) is 94.7 Å². The van der Waals surface area contributed by atoms with Gasteiger partial charge in [-0.15, -0.1) is 0 Å². The molecule has 0 saturated heterocycles. The molecule has 0 aliphatic rings. The van der Waals surface area contributed by atoms with Crippen molar-refractivity contribution in [2.75, 3.05) is 13.2 Å². The number of nitrogens with zero attached hydrogens (tertiary/aromatic N) is 1. The number of hydrogen-bond acceptors (Lipinski definition) is 2. The van der Waals surface area contributed by atoms with Crippen LogP contribution in [0.2, 0.25) is 0 Å². The predicted octanol–water partition coefficient (Wildman–Crippen LogP) is 10.2. The lowest BCUT2D eigenvalue weighted by Crippen LogP contribution is -2.24. The molecule has 0 unspecified atom stereocenters. The molecule has 0 aliphatic carbocycles. The van der Waals surface area contributed by atoms with Crippen LogP contribution >= 0.6 is 0 Å². The van der Waals surface area contributed by atoms with Gasteiger partial charge in [-0.3, -0.25) is 4.90 Å². The highest BCUT2D eigenvalue weighted by atomic mass is 19.4. The number of rotatable bonds is 17. The second-order valence-corrected chi connectivity index (χ2v) is 10.3. The van der Waals surface area contributed by atoms with Gasteiger partial charge in [-0.1, -0.05) is 120 Å². The van der Waals surface area contributed by atoms with Gasteiger partial charge in [-0.05, 0) is 41.6 Å². The van der Waals surface area contributed by atoms with Crippen LogP contribution in [0.4, 0.5) is 13.2 Å². The third-order valence-electron chi connectivity index (χ3n) is 7.29. The standard InChI is InChI=1S/C33H44F3NO/c1-3-5-6-7-8-9-10-11-12-17-24-38-32-23-22-27(29-19-14-15-20-30(29)32)25-37(4-2)26-28-18-13-16-21-31(28)33(34,35)36/h13-16,18-23H,3-12,17,24-26H2,1-2H3. The molecule has 208 valence electrons. The van der Waals surface area contributed by atoms with Crippen molar-refractivity contribution < 1.29 is 17.9 Å². The Kier molecular flexibility index (Phi) is 12.5.